The molecule has 104 valence electrons. The normalized spacial score (nSPS) is 17.1. The van der Waals surface area contributed by atoms with Crippen LogP contribution in [0.5, 0.6) is 0 Å². The molecule has 0 radical (unpaired) electrons. The van der Waals surface area contributed by atoms with E-state index in [1.807, 2.05) is 0 Å². The van der Waals surface area contributed by atoms with Crippen molar-refractivity contribution in [2.45, 2.75) is 29.7 Å². The molecule has 1 aromatic carbocycles. The van der Waals surface area contributed by atoms with Crippen LogP contribution in [0.1, 0.15) is 18.4 Å². The first-order valence-corrected chi connectivity index (χ1v) is 7.31. The molecule has 0 bridgehead atoms. The Labute approximate surface area is 111 Å². The Morgan fingerprint density at radius 2 is 1.84 bits per heavy atom. The van der Waals surface area contributed by atoms with Gasteiger partial charge in [0.25, 0.3) is 0 Å². The quantitative estimate of drug-likeness (QED) is 0.688. The summed E-state index contributed by atoms with van der Waals surface area (Å²) in [4.78, 5) is 10.6. The maximum atomic E-state index is 12.0. The average Bonchev–Trinajstić information content (AvgIpc) is 3.09. The number of carbonyl (C=O) groups is 1. The van der Waals surface area contributed by atoms with E-state index in [1.54, 1.807) is 0 Å². The van der Waals surface area contributed by atoms with E-state index >= 15 is 0 Å². The Morgan fingerprint density at radius 1 is 1.26 bits per heavy atom. The van der Waals surface area contributed by atoms with Gasteiger partial charge >= 0.3 is 5.97 Å². The van der Waals surface area contributed by atoms with Crippen molar-refractivity contribution in [3.63, 3.8) is 0 Å². The lowest BCUT2D eigenvalue weighted by Crippen LogP contribution is -2.39. The Morgan fingerprint density at radius 3 is 2.26 bits per heavy atom. The predicted octanol–water partition coefficient (Wildman–Crippen LogP) is 0.117. The molecule has 0 saturated heterocycles. The van der Waals surface area contributed by atoms with E-state index in [4.69, 9.17) is 10.2 Å². The van der Waals surface area contributed by atoms with Gasteiger partial charge in [-0.15, -0.1) is 0 Å². The van der Waals surface area contributed by atoms with Gasteiger partial charge in [0.2, 0.25) is 10.0 Å². The minimum absolute atomic E-state index is 0.0707. The van der Waals surface area contributed by atoms with Gasteiger partial charge in [0.15, 0.2) is 0 Å². The summed E-state index contributed by atoms with van der Waals surface area (Å²) in [6.07, 6.45) is 1.11. The first-order valence-electron chi connectivity index (χ1n) is 5.82. The van der Waals surface area contributed by atoms with Crippen LogP contribution in [-0.4, -0.2) is 36.7 Å². The summed E-state index contributed by atoms with van der Waals surface area (Å²) in [7, 11) is -3.67. The van der Waals surface area contributed by atoms with Crippen LogP contribution in [0.2, 0.25) is 0 Å². The van der Waals surface area contributed by atoms with Crippen LogP contribution in [0.3, 0.4) is 0 Å². The highest BCUT2D eigenvalue weighted by Gasteiger charge is 2.45. The lowest BCUT2D eigenvalue weighted by molar-refractivity contribution is -0.136. The number of aliphatic hydroxyl groups excluding tert-OH is 1. The molecule has 3 N–H and O–H groups in total. The number of carboxylic acids is 1. The fourth-order valence-electron chi connectivity index (χ4n) is 1.75. The van der Waals surface area contributed by atoms with Crippen LogP contribution in [0.4, 0.5) is 0 Å². The van der Waals surface area contributed by atoms with Gasteiger partial charge < -0.3 is 10.2 Å². The fraction of sp³-hybridized carbons (Fsp3) is 0.417. The van der Waals surface area contributed by atoms with Gasteiger partial charge in [0.05, 0.1) is 23.5 Å². The summed E-state index contributed by atoms with van der Waals surface area (Å²) in [6, 6.07) is 5.69. The van der Waals surface area contributed by atoms with Crippen LogP contribution in [0, 0.1) is 0 Å². The number of hydrogen-bond acceptors (Lipinski definition) is 4. The maximum absolute atomic E-state index is 12.0. The van der Waals surface area contributed by atoms with Gasteiger partial charge in [-0.2, -0.15) is 0 Å². The van der Waals surface area contributed by atoms with Gasteiger partial charge in [0.1, 0.15) is 0 Å². The molecule has 0 atom stereocenters. The Bertz CT molecular complexity index is 575. The highest BCUT2D eigenvalue weighted by molar-refractivity contribution is 7.89. The van der Waals surface area contributed by atoms with E-state index in [2.05, 4.69) is 4.72 Å². The number of benzene rings is 1. The van der Waals surface area contributed by atoms with Gasteiger partial charge in [-0.05, 0) is 30.5 Å². The second kappa shape index (κ2) is 4.92. The second-order valence-electron chi connectivity index (χ2n) is 4.76. The van der Waals surface area contributed by atoms with Crippen molar-refractivity contribution in [1.29, 1.82) is 0 Å². The molecule has 6 nitrogen and oxygen atoms in total. The molecular weight excluding hydrogens is 270 g/mol. The smallest absolute Gasteiger partial charge is 0.307 e. The minimum Gasteiger partial charge on any atom is -0.481 e. The molecule has 1 saturated carbocycles. The summed E-state index contributed by atoms with van der Waals surface area (Å²) in [5.74, 6) is -0.967. The van der Waals surface area contributed by atoms with Crippen molar-refractivity contribution in [2.24, 2.45) is 0 Å². The molecule has 0 unspecified atom stereocenters. The zero-order chi connectivity index (χ0) is 14.1. The second-order valence-corrected chi connectivity index (χ2v) is 6.44. The number of aliphatic carboxylic acids is 1. The molecular formula is C12H15NO5S. The molecule has 1 aliphatic rings. The van der Waals surface area contributed by atoms with Crippen LogP contribution < -0.4 is 4.72 Å². The largest absolute Gasteiger partial charge is 0.481 e. The third-order valence-electron chi connectivity index (χ3n) is 3.10. The first kappa shape index (κ1) is 14.0. The molecule has 2 rings (SSSR count). The van der Waals surface area contributed by atoms with Crippen molar-refractivity contribution < 1.29 is 23.4 Å². The van der Waals surface area contributed by atoms with E-state index in [1.165, 1.54) is 24.3 Å². The van der Waals surface area contributed by atoms with E-state index in [0.29, 0.717) is 18.4 Å². The molecule has 0 spiro atoms. The Balaban J connectivity index is 2.14. The van der Waals surface area contributed by atoms with Crippen LogP contribution in [-0.2, 0) is 21.2 Å². The number of carboxylic acid groups (broad SMARTS) is 1. The average molecular weight is 285 g/mol. The molecule has 1 aromatic rings. The van der Waals surface area contributed by atoms with Gasteiger partial charge in [-0.25, -0.2) is 13.1 Å². The Hall–Kier alpha value is -1.44. The molecule has 0 aromatic heterocycles. The summed E-state index contributed by atoms with van der Waals surface area (Å²) < 4.78 is 26.6. The minimum atomic E-state index is -3.67. The molecule has 0 amide bonds. The fourth-order valence-corrected chi connectivity index (χ4v) is 3.20. The standard InChI is InChI=1S/C12H15NO5S/c14-8-12(5-6-12)13-19(17,18)10-3-1-9(2-4-10)7-11(15)16/h1-4,13-14H,5-8H2,(H,15,16). The lowest BCUT2D eigenvalue weighted by atomic mass is 10.2. The molecule has 0 heterocycles. The lowest BCUT2D eigenvalue weighted by Gasteiger charge is -2.14. The first-order chi connectivity index (χ1) is 8.87. The van der Waals surface area contributed by atoms with Gasteiger partial charge in [-0.3, -0.25) is 4.79 Å². The highest BCUT2D eigenvalue weighted by atomic mass is 32.2. The van der Waals surface area contributed by atoms with Gasteiger partial charge in [-0.1, -0.05) is 12.1 Å². The van der Waals surface area contributed by atoms with E-state index in [9.17, 15) is 13.2 Å². The number of aliphatic hydroxyl groups is 1. The van der Waals surface area contributed by atoms with Crippen molar-refractivity contribution in [1.82, 2.24) is 4.72 Å². The number of nitrogens with one attached hydrogen (secondary N) is 1. The topological polar surface area (TPSA) is 104 Å². The van der Waals surface area contributed by atoms with E-state index < -0.39 is 21.5 Å². The Kier molecular flexibility index (Phi) is 3.62. The zero-order valence-corrected chi connectivity index (χ0v) is 11.0. The number of sulfonamides is 1. The van der Waals surface area contributed by atoms with Crippen molar-refractivity contribution in [3.8, 4) is 0 Å². The monoisotopic (exact) mass is 285 g/mol. The summed E-state index contributed by atoms with van der Waals surface area (Å²) >= 11 is 0. The number of hydrogen-bond donors (Lipinski definition) is 3. The van der Waals surface area contributed by atoms with Crippen molar-refractivity contribution in [3.05, 3.63) is 29.8 Å². The highest BCUT2D eigenvalue weighted by Crippen LogP contribution is 2.36. The van der Waals surface area contributed by atoms with E-state index in [-0.39, 0.29) is 17.9 Å². The molecule has 0 aliphatic heterocycles. The zero-order valence-electron chi connectivity index (χ0n) is 10.2. The maximum Gasteiger partial charge on any atom is 0.307 e. The molecule has 1 fully saturated rings. The molecule has 7 heteroatoms. The molecule has 19 heavy (non-hydrogen) atoms. The summed E-state index contributed by atoms with van der Waals surface area (Å²) in [5, 5.41) is 17.7. The van der Waals surface area contributed by atoms with Crippen LogP contribution in [0.15, 0.2) is 29.2 Å². The SMILES string of the molecule is O=C(O)Cc1ccc(S(=O)(=O)NC2(CO)CC2)cc1. The third-order valence-corrected chi connectivity index (χ3v) is 4.69. The van der Waals surface area contributed by atoms with Crippen molar-refractivity contribution in [2.75, 3.05) is 6.61 Å². The number of rotatable bonds is 6. The molecule has 1 aliphatic carbocycles. The van der Waals surface area contributed by atoms with Crippen molar-refractivity contribution >= 4 is 16.0 Å². The van der Waals surface area contributed by atoms with E-state index in [0.717, 1.165) is 0 Å². The van der Waals surface area contributed by atoms with Crippen LogP contribution >= 0.6 is 0 Å². The summed E-state index contributed by atoms with van der Waals surface area (Å²) in [5.41, 5.74) is -0.173. The van der Waals surface area contributed by atoms with Crippen LogP contribution in [0.25, 0.3) is 0 Å². The third kappa shape index (κ3) is 3.31. The van der Waals surface area contributed by atoms with Gasteiger partial charge in [0, 0.05) is 0 Å². The summed E-state index contributed by atoms with van der Waals surface area (Å²) in [6.45, 7) is -0.219. The predicted molar refractivity (Wildman–Crippen MR) is 67.2 cm³/mol.